The van der Waals surface area contributed by atoms with E-state index < -0.39 is 182 Å². The standard InChI is InChI=1S/3C8F17.C5H6N3O2.Sn/c3*9-1(10)2(11,12)3(13,14)4(15,16)5(17,18)6(19,20)7(21,22)8(23,24)25;1-10-5(9)4-8-3-2-6-7-8;/h;;;3H,4H2,1H3;. The number of hydrogen-bond donors (Lipinski definition) is 0. The van der Waals surface area contributed by atoms with Gasteiger partial charge in [0.15, 0.2) is 0 Å². The van der Waals surface area contributed by atoms with E-state index >= 15 is 79.0 Å². The predicted octanol–water partition coefficient (Wildman–Crippen LogP) is 14.8. The van der Waals surface area contributed by atoms with Crippen molar-refractivity contribution in [3.05, 3.63) is 6.20 Å². The molecule has 1 heterocycles. The zero-order valence-corrected chi connectivity index (χ0v) is 40.1. The minimum absolute atomic E-state index is 0.299. The Morgan fingerprint density at radius 3 is 0.640 bits per heavy atom. The Kier molecular flexibility index (Phi) is 18.7. The van der Waals surface area contributed by atoms with Gasteiger partial charge >= 0.3 is 433 Å². The summed E-state index contributed by atoms with van der Waals surface area (Å²) in [4.78, 5) is 11.5. The van der Waals surface area contributed by atoms with E-state index in [1.165, 1.54) is 5.21 Å². The van der Waals surface area contributed by atoms with Crippen LogP contribution in [0.25, 0.3) is 0 Å². The second kappa shape index (κ2) is 20.2. The molecule has 0 atom stereocenters. The summed E-state index contributed by atoms with van der Waals surface area (Å²) in [6.45, 7) is -3.13. The van der Waals surface area contributed by atoms with Crippen molar-refractivity contribution < 1.29 is 233 Å². The Hall–Kier alpha value is -4.16. The van der Waals surface area contributed by atoms with Crippen LogP contribution in [-0.2, 0) is 16.1 Å². The van der Waals surface area contributed by atoms with Crippen LogP contribution in [0.15, 0.2) is 6.20 Å². The summed E-state index contributed by atoms with van der Waals surface area (Å²) in [5.74, 6) is -195. The summed E-state index contributed by atoms with van der Waals surface area (Å²) in [6, 6.07) is 0. The van der Waals surface area contributed by atoms with Gasteiger partial charge in [0.1, 0.15) is 0 Å². The van der Waals surface area contributed by atoms with E-state index in [-0.39, 0.29) is 7.11 Å². The zero-order valence-electron chi connectivity index (χ0n) is 37.2. The molecule has 0 unspecified atom stereocenters. The first-order chi connectivity index (χ1) is 36.4. The van der Waals surface area contributed by atoms with Crippen LogP contribution in [0.2, 0.25) is 0 Å². The van der Waals surface area contributed by atoms with Crippen LogP contribution in [0, 0.1) is 0 Å². The molecule has 0 N–H and O–H groups in total. The molecule has 0 aliphatic carbocycles. The second-order valence-corrected chi connectivity index (χ2v) is 27.3. The fourth-order valence-corrected chi connectivity index (χ4v) is 19.1. The van der Waals surface area contributed by atoms with E-state index in [2.05, 4.69) is 4.74 Å². The van der Waals surface area contributed by atoms with Gasteiger partial charge in [0, 0.05) is 0 Å². The summed E-state index contributed by atoms with van der Waals surface area (Å²) >= 11 is -16.2. The van der Waals surface area contributed by atoms with Crippen LogP contribution in [0.3, 0.4) is 0 Å². The Bertz CT molecular complexity index is 2390. The molecule has 0 saturated heterocycles. The van der Waals surface area contributed by atoms with Crippen molar-refractivity contribution >= 4 is 28.1 Å². The maximum atomic E-state index is 16.6. The third-order valence-electron chi connectivity index (χ3n) is 11.0. The molecule has 0 bridgehead atoms. The topological polar surface area (TPSA) is 57.0 Å². The fraction of sp³-hybridized carbons (Fsp3) is 0.897. The number of methoxy groups -OCH3 is 1. The number of aromatic nitrogens is 3. The molecule has 0 radical (unpaired) electrons. The van der Waals surface area contributed by atoms with E-state index in [9.17, 15) is 150 Å². The van der Waals surface area contributed by atoms with Crippen LogP contribution in [0.1, 0.15) is 0 Å². The first-order valence-electron chi connectivity index (χ1n) is 18.5. The van der Waals surface area contributed by atoms with Gasteiger partial charge in [-0.15, -0.1) is 0 Å². The number of rotatable bonds is 24. The summed E-state index contributed by atoms with van der Waals surface area (Å²) in [5.41, 5.74) is 0. The van der Waals surface area contributed by atoms with Crippen LogP contribution in [-0.4, -0.2) is 183 Å². The van der Waals surface area contributed by atoms with Gasteiger partial charge < -0.3 is 0 Å². The molecule has 0 spiro atoms. The minimum atomic E-state index is -16.2. The van der Waals surface area contributed by atoms with Gasteiger partial charge in [-0.2, -0.15) is 0 Å². The Morgan fingerprint density at radius 1 is 0.314 bits per heavy atom. The third-order valence-corrected chi connectivity index (χ3v) is 24.6. The van der Waals surface area contributed by atoms with Gasteiger partial charge in [-0.3, -0.25) is 0 Å². The van der Waals surface area contributed by atoms with Crippen molar-refractivity contribution in [2.45, 2.75) is 143 Å². The van der Waals surface area contributed by atoms with E-state index in [0.29, 0.717) is 5.10 Å². The molecule has 1 aromatic rings. The molecule has 0 aliphatic heterocycles. The summed E-state index contributed by atoms with van der Waals surface area (Å²) < 4.78 is 697. The van der Waals surface area contributed by atoms with Crippen LogP contribution in [0.5, 0.6) is 0 Å². The van der Waals surface area contributed by atoms with Crippen molar-refractivity contribution in [1.29, 1.82) is 0 Å². The summed E-state index contributed by atoms with van der Waals surface area (Å²) in [6.07, 6.45) is -29.8. The molecule has 0 amide bonds. The summed E-state index contributed by atoms with van der Waals surface area (Å²) in [5, 5.41) is 1.78. The van der Waals surface area contributed by atoms with Crippen molar-refractivity contribution in [2.75, 3.05) is 7.11 Å². The number of esters is 1. The molecule has 0 aliphatic rings. The molecule has 5 nitrogen and oxygen atoms in total. The Morgan fingerprint density at radius 2 is 0.477 bits per heavy atom. The Balaban J connectivity index is 5.70. The number of ether oxygens (including phenoxy) is 1. The number of nitrogens with zero attached hydrogens (tertiary/aromatic N) is 3. The first-order valence-corrected chi connectivity index (χ1v) is 24.3. The second-order valence-electron chi connectivity index (χ2n) is 16.2. The number of carbonyl (C=O) groups excluding carboxylic acids is 1. The number of alkyl halides is 51. The monoisotopic (exact) mass is 1520 g/mol. The van der Waals surface area contributed by atoms with Gasteiger partial charge in [0.05, 0.1) is 0 Å². The molecule has 0 saturated carbocycles. The molecule has 510 valence electrons. The average molecular weight is 1520 g/mol. The van der Waals surface area contributed by atoms with E-state index in [1.54, 1.807) is 0 Å². The van der Waals surface area contributed by atoms with Crippen molar-refractivity contribution in [1.82, 2.24) is 15.0 Å². The van der Waals surface area contributed by atoms with Gasteiger partial charge in [-0.1, -0.05) is 0 Å². The van der Waals surface area contributed by atoms with E-state index in [0.717, 1.165) is 0 Å². The first kappa shape index (κ1) is 79.9. The van der Waals surface area contributed by atoms with Crippen molar-refractivity contribution in [3.8, 4) is 0 Å². The van der Waals surface area contributed by atoms with Crippen molar-refractivity contribution in [3.63, 3.8) is 0 Å². The van der Waals surface area contributed by atoms with Crippen LogP contribution in [0.4, 0.5) is 224 Å². The van der Waals surface area contributed by atoms with Gasteiger partial charge in [0.2, 0.25) is 0 Å². The molecular formula is C29H6F51N3O2Sn. The molecule has 86 heavy (non-hydrogen) atoms. The number of carbonyl (C=O) groups is 1. The van der Waals surface area contributed by atoms with Crippen molar-refractivity contribution in [2.24, 2.45) is 0 Å². The molecule has 0 fully saturated rings. The maximum absolute atomic E-state index is 16.6. The predicted molar refractivity (Wildman–Crippen MR) is 159 cm³/mol. The van der Waals surface area contributed by atoms with Gasteiger partial charge in [0.25, 0.3) is 0 Å². The fourth-order valence-electron chi connectivity index (χ4n) is 6.02. The zero-order chi connectivity index (χ0) is 70.8. The molecule has 1 aromatic heterocycles. The average Bonchev–Trinajstić information content (AvgIpc) is 3.73. The normalized spacial score (nSPS) is 16.9. The SMILES string of the molecule is COC(=O)Cn1c[c]([Sn]([C](F)(F)C(F)(F)C(F)(F)C(F)(F)C(F)(F)C(F)(F)C(F)(F)C(F)(F)F)([C](F)(F)C(F)(F)C(F)(F)C(F)(F)C(F)(F)C(F)(F)C(F)(F)C(F)(F)F)[C](F)(F)C(F)(F)C(F)(F)C(F)(F)C(F)(F)C(F)(F)C(F)(F)C(F)(F)F)nn1. The van der Waals surface area contributed by atoms with Crippen LogP contribution >= 0.6 is 0 Å². The Labute approximate surface area is 433 Å². The number of hydrogen-bond acceptors (Lipinski definition) is 4. The number of halogens is 51. The summed E-state index contributed by atoms with van der Waals surface area (Å²) in [7, 11) is -0.299. The van der Waals surface area contributed by atoms with Gasteiger partial charge in [-0.25, -0.2) is 0 Å². The third kappa shape index (κ3) is 9.15. The molecule has 57 heteroatoms. The van der Waals surface area contributed by atoms with Gasteiger partial charge in [-0.05, 0) is 0 Å². The van der Waals surface area contributed by atoms with E-state index in [4.69, 9.17) is 0 Å². The van der Waals surface area contributed by atoms with E-state index in [1.807, 2.05) is 0 Å². The van der Waals surface area contributed by atoms with Crippen LogP contribution < -0.4 is 3.71 Å². The molecule has 1 rings (SSSR count). The molecule has 0 aromatic carbocycles. The molecular weight excluding hydrogens is 1510 g/mol. The quantitative estimate of drug-likeness (QED) is 0.0588.